The smallest absolute Gasteiger partial charge is 1.00 e. The molecular weight excluding hydrogens is 262 g/mol. The molecule has 0 rings (SSSR count). The van der Waals surface area contributed by atoms with Crippen LogP contribution >= 0.6 is 0 Å². The number of aliphatic carboxylic acids is 1. The molecule has 0 bridgehead atoms. The van der Waals surface area contributed by atoms with Crippen molar-refractivity contribution in [1.29, 1.82) is 0 Å². The van der Waals surface area contributed by atoms with Gasteiger partial charge in [0.15, 0.2) is 0 Å². The first kappa shape index (κ1) is 16.9. The number of halogens is 1. The van der Waals surface area contributed by atoms with Crippen LogP contribution in [0.25, 0.3) is 0 Å². The van der Waals surface area contributed by atoms with Crippen molar-refractivity contribution in [2.75, 3.05) is 18.3 Å². The monoisotopic (exact) mass is 270 g/mol. The van der Waals surface area contributed by atoms with Gasteiger partial charge in [0.25, 0.3) is 0 Å². The van der Waals surface area contributed by atoms with E-state index < -0.39 is 5.97 Å². The molecule has 50 valence electrons. The van der Waals surface area contributed by atoms with Gasteiger partial charge in [-0.25, -0.2) is 0 Å². The summed E-state index contributed by atoms with van der Waals surface area (Å²) in [4.78, 5) is 9.71. The van der Waals surface area contributed by atoms with Crippen LogP contribution in [0.4, 0.5) is 0 Å². The molecule has 0 fully saturated rings. The van der Waals surface area contributed by atoms with Crippen LogP contribution in [0.1, 0.15) is 0 Å². The first-order valence-corrected chi connectivity index (χ1v) is 4.08. The molecule has 9 heavy (non-hydrogen) atoms. The second kappa shape index (κ2) is 9.55. The van der Waals surface area contributed by atoms with Gasteiger partial charge >= 0.3 is 29.6 Å². The number of carboxylic acids is 1. The molecule has 0 heterocycles. The molecule has 0 spiro atoms. The molecule has 0 atom stereocenters. The van der Waals surface area contributed by atoms with Gasteiger partial charge in [-0.2, -0.15) is 0 Å². The molecule has 0 aliphatic rings. The minimum Gasteiger partial charge on any atom is -1.00 e. The molecule has 5 heteroatoms. The number of carbonyl (C=O) groups is 1. The maximum Gasteiger partial charge on any atom is 1.00 e. The fourth-order valence-electron chi connectivity index (χ4n) is 0.236. The van der Waals surface area contributed by atoms with Crippen molar-refractivity contribution in [1.82, 2.24) is 0 Å². The van der Waals surface area contributed by atoms with Crippen molar-refractivity contribution in [2.45, 2.75) is 0 Å². The van der Waals surface area contributed by atoms with Crippen LogP contribution in [0.15, 0.2) is 0 Å². The quantitative estimate of drug-likeness (QED) is 0.284. The Hall–Kier alpha value is 1.55. The van der Waals surface area contributed by atoms with Crippen LogP contribution in [0.3, 0.4) is 0 Å². The third kappa shape index (κ3) is 17.7. The molecule has 0 aliphatic heterocycles. The molecule has 0 aromatic rings. The number of carbonyl (C=O) groups excluding carboxylic acids is 1. The van der Waals surface area contributed by atoms with E-state index in [1.54, 1.807) is 0 Å². The van der Waals surface area contributed by atoms with E-state index in [1.807, 2.05) is 12.5 Å². The standard InChI is InChI=1S/C4H8O2S.HI.Na/c1-7(2)3-4(5)6;;/h3H2,1-2H3;1H;/q;;+1/p-1. The zero-order valence-corrected chi connectivity index (χ0v) is 10.8. The van der Waals surface area contributed by atoms with E-state index in [-0.39, 0.29) is 70.2 Å². The molecule has 0 saturated heterocycles. The zero-order valence-electron chi connectivity index (χ0n) is 5.81. The Kier molecular flexibility index (Phi) is 17.9. The summed E-state index contributed by atoms with van der Waals surface area (Å²) in [6.45, 7) is 0. The molecule has 0 aromatic heterocycles. The van der Waals surface area contributed by atoms with E-state index in [9.17, 15) is 9.90 Å². The van der Waals surface area contributed by atoms with Crippen LogP contribution < -0.4 is 58.6 Å². The summed E-state index contributed by atoms with van der Waals surface area (Å²) in [5, 5.41) is 9.71. The minimum atomic E-state index is -0.951. The van der Waals surface area contributed by atoms with Gasteiger partial charge in [0.1, 0.15) is 5.75 Å². The fraction of sp³-hybridized carbons (Fsp3) is 0.750. The Morgan fingerprint density at radius 3 is 1.89 bits per heavy atom. The fourth-order valence-corrected chi connectivity index (χ4v) is 0.707. The van der Waals surface area contributed by atoms with Gasteiger partial charge in [-0.15, -0.1) is 0 Å². The average molecular weight is 270 g/mol. The third-order valence-electron chi connectivity index (χ3n) is 0.407. The van der Waals surface area contributed by atoms with Crippen molar-refractivity contribution < 1.29 is 63.4 Å². The van der Waals surface area contributed by atoms with Gasteiger partial charge in [0.05, 0.1) is 18.5 Å². The van der Waals surface area contributed by atoms with E-state index in [1.165, 1.54) is 0 Å². The van der Waals surface area contributed by atoms with Crippen molar-refractivity contribution in [3.63, 3.8) is 0 Å². The summed E-state index contributed by atoms with van der Waals surface area (Å²) in [5.41, 5.74) is 0. The number of hydrogen-bond acceptors (Lipinski definition) is 2. The Morgan fingerprint density at radius 2 is 1.89 bits per heavy atom. The maximum atomic E-state index is 9.71. The predicted octanol–water partition coefficient (Wildman–Crippen LogP) is -7.38. The van der Waals surface area contributed by atoms with Gasteiger partial charge in [-0.05, 0) is 10.9 Å². The van der Waals surface area contributed by atoms with Crippen LogP contribution in [0, 0.1) is 0 Å². The molecule has 0 aliphatic carbocycles. The van der Waals surface area contributed by atoms with Gasteiger partial charge < -0.3 is 33.9 Å². The Morgan fingerprint density at radius 1 is 1.56 bits per heavy atom. The zero-order chi connectivity index (χ0) is 5.86. The molecule has 0 aromatic carbocycles. The summed E-state index contributed by atoms with van der Waals surface area (Å²) in [6.07, 6.45) is 3.74. The predicted molar refractivity (Wildman–Crippen MR) is 29.1 cm³/mol. The first-order chi connectivity index (χ1) is 3.13. The van der Waals surface area contributed by atoms with Crippen molar-refractivity contribution in [2.24, 2.45) is 0 Å². The molecule has 0 saturated carbocycles. The topological polar surface area (TPSA) is 40.1 Å². The summed E-state index contributed by atoms with van der Waals surface area (Å²) in [7, 11) is -0.00772. The Balaban J connectivity index is -0.000000180. The van der Waals surface area contributed by atoms with E-state index in [0.717, 1.165) is 0 Å². The third-order valence-corrected chi connectivity index (χ3v) is 1.22. The summed E-state index contributed by atoms with van der Waals surface area (Å²) < 4.78 is 0. The van der Waals surface area contributed by atoms with Crippen LogP contribution in [0.5, 0.6) is 0 Å². The van der Waals surface area contributed by atoms with Crippen molar-refractivity contribution in [3.05, 3.63) is 0 Å². The number of hydrogen-bond donors (Lipinski definition) is 0. The number of rotatable bonds is 2. The van der Waals surface area contributed by atoms with E-state index in [0.29, 0.717) is 0 Å². The normalized spacial score (nSPS) is 7.44. The van der Waals surface area contributed by atoms with Crippen LogP contribution in [-0.2, 0) is 15.7 Å². The van der Waals surface area contributed by atoms with E-state index in [2.05, 4.69) is 0 Å². The Labute approximate surface area is 97.4 Å². The first-order valence-electron chi connectivity index (χ1n) is 1.87. The van der Waals surface area contributed by atoms with Gasteiger partial charge in [0.2, 0.25) is 0 Å². The van der Waals surface area contributed by atoms with Crippen molar-refractivity contribution >= 4 is 16.9 Å². The largest absolute Gasteiger partial charge is 1.00 e. The molecule has 0 N–H and O–H groups in total. The summed E-state index contributed by atoms with van der Waals surface area (Å²) in [5.74, 6) is -0.756. The summed E-state index contributed by atoms with van der Waals surface area (Å²) in [6, 6.07) is 0. The second-order valence-corrected chi connectivity index (χ2v) is 3.76. The van der Waals surface area contributed by atoms with E-state index in [4.69, 9.17) is 0 Å². The van der Waals surface area contributed by atoms with Gasteiger partial charge in [-0.1, -0.05) is 0 Å². The minimum absolute atomic E-state index is 0. The maximum absolute atomic E-state index is 9.71. The van der Waals surface area contributed by atoms with Crippen LogP contribution in [0.2, 0.25) is 0 Å². The molecule has 2 nitrogen and oxygen atoms in total. The number of carboxylic acid groups (broad SMARTS) is 1. The van der Waals surface area contributed by atoms with Crippen LogP contribution in [-0.4, -0.2) is 24.2 Å². The Bertz CT molecular complexity index is 79.0. The second-order valence-electron chi connectivity index (χ2n) is 1.50. The molecular formula is C4H8INaO2S. The SMILES string of the molecule is C[S+](C)CC(=O)[O-].[I-].[Na+]. The summed E-state index contributed by atoms with van der Waals surface area (Å²) >= 11 is 0. The molecule has 0 unspecified atom stereocenters. The van der Waals surface area contributed by atoms with Gasteiger partial charge in [-0.3, -0.25) is 0 Å². The van der Waals surface area contributed by atoms with Crippen molar-refractivity contribution in [3.8, 4) is 0 Å². The molecule has 0 radical (unpaired) electrons. The molecule has 0 amide bonds. The van der Waals surface area contributed by atoms with Gasteiger partial charge in [0, 0.05) is 0 Å². The van der Waals surface area contributed by atoms with E-state index >= 15 is 0 Å². The average Bonchev–Trinajstić information content (AvgIpc) is 1.27.